The highest BCUT2D eigenvalue weighted by Gasteiger charge is 2.23. The van der Waals surface area contributed by atoms with Crippen LogP contribution < -0.4 is 5.32 Å². The van der Waals surface area contributed by atoms with E-state index in [1.165, 1.54) is 0 Å². The fourth-order valence-electron chi connectivity index (χ4n) is 1.62. The quantitative estimate of drug-likeness (QED) is 0.644. The second-order valence-electron chi connectivity index (χ2n) is 4.06. The molecule has 2 aromatic rings. The van der Waals surface area contributed by atoms with E-state index < -0.39 is 43.7 Å². The topological polar surface area (TPSA) is 172 Å². The Bertz CT molecular complexity index is 827. The van der Waals surface area contributed by atoms with E-state index in [2.05, 4.69) is 9.73 Å². The number of carbonyl (C=O) groups is 1. The average molecular weight is 322 g/mol. The minimum absolute atomic E-state index is 0.315. The Hall–Kier alpha value is -3.83. The summed E-state index contributed by atoms with van der Waals surface area (Å²) in [5.41, 5.74) is -1.54. The number of nitro groups is 3. The van der Waals surface area contributed by atoms with Crippen molar-refractivity contribution in [3.8, 4) is 0 Å². The summed E-state index contributed by atoms with van der Waals surface area (Å²) >= 11 is 0. The number of non-ortho nitro benzene ring substituents is 1. The molecule has 0 atom stereocenters. The molecule has 2 rings (SSSR count). The summed E-state index contributed by atoms with van der Waals surface area (Å²) in [7, 11) is 0. The van der Waals surface area contributed by atoms with E-state index in [-0.39, 0.29) is 5.69 Å². The van der Waals surface area contributed by atoms with E-state index in [4.69, 9.17) is 0 Å². The van der Waals surface area contributed by atoms with Crippen LogP contribution in [0.5, 0.6) is 0 Å². The molecule has 23 heavy (non-hydrogen) atoms. The summed E-state index contributed by atoms with van der Waals surface area (Å²) in [5, 5.41) is 34.1. The molecule has 1 aromatic carbocycles. The summed E-state index contributed by atoms with van der Waals surface area (Å²) in [6, 6.07) is 4.59. The van der Waals surface area contributed by atoms with E-state index in [1.807, 2.05) is 0 Å². The second kappa shape index (κ2) is 5.88. The highest BCUT2D eigenvalue weighted by Crippen LogP contribution is 2.29. The number of nitro benzene ring substituents is 2. The molecule has 0 aliphatic carbocycles. The summed E-state index contributed by atoms with van der Waals surface area (Å²) in [6.45, 7) is 0. The molecule has 0 radical (unpaired) electrons. The van der Waals surface area contributed by atoms with Crippen molar-refractivity contribution in [2.45, 2.75) is 0 Å². The fourth-order valence-corrected chi connectivity index (χ4v) is 1.62. The van der Waals surface area contributed by atoms with Crippen molar-refractivity contribution in [1.29, 1.82) is 0 Å². The lowest BCUT2D eigenvalue weighted by Crippen LogP contribution is -2.12. The van der Waals surface area contributed by atoms with Crippen molar-refractivity contribution < 1.29 is 24.0 Å². The lowest BCUT2D eigenvalue weighted by Gasteiger charge is -2.04. The van der Waals surface area contributed by atoms with Gasteiger partial charge in [0, 0.05) is 6.07 Å². The highest BCUT2D eigenvalue weighted by molar-refractivity contribution is 6.03. The second-order valence-corrected chi connectivity index (χ2v) is 4.06. The zero-order valence-electron chi connectivity index (χ0n) is 11.0. The van der Waals surface area contributed by atoms with Gasteiger partial charge in [0.15, 0.2) is 5.76 Å². The maximum Gasteiger partial charge on any atom is 0.433 e. The molecule has 0 aliphatic rings. The number of hydrogen-bond acceptors (Lipinski definition) is 8. The zero-order chi connectivity index (χ0) is 17.1. The first-order valence-corrected chi connectivity index (χ1v) is 5.78. The maximum absolute atomic E-state index is 11.9. The standard InChI is InChI=1S/C11H6N4O8/c16-11(9-3-4-10(23-9)15(21)22)12-7-2-1-6(13(17)18)5-8(7)14(19)20/h1-5H,(H,12,16). The molecule has 12 heteroatoms. The minimum atomic E-state index is -0.977. The first-order valence-electron chi connectivity index (χ1n) is 5.78. The van der Waals surface area contributed by atoms with Crippen LogP contribution in [0.25, 0.3) is 0 Å². The molecule has 0 aliphatic heterocycles. The Labute approximate surface area is 125 Å². The van der Waals surface area contributed by atoms with E-state index >= 15 is 0 Å². The molecule has 1 amide bonds. The van der Waals surface area contributed by atoms with Gasteiger partial charge in [0.05, 0.1) is 22.0 Å². The van der Waals surface area contributed by atoms with Crippen molar-refractivity contribution >= 4 is 28.9 Å². The van der Waals surface area contributed by atoms with Crippen molar-refractivity contribution in [1.82, 2.24) is 0 Å². The molecule has 118 valence electrons. The van der Waals surface area contributed by atoms with Gasteiger partial charge in [-0.05, 0) is 12.1 Å². The normalized spacial score (nSPS) is 10.1. The van der Waals surface area contributed by atoms with Crippen LogP contribution in [-0.4, -0.2) is 20.7 Å². The molecule has 0 unspecified atom stereocenters. The number of amides is 1. The zero-order valence-corrected chi connectivity index (χ0v) is 11.0. The molecular formula is C11H6N4O8. The van der Waals surface area contributed by atoms with Crippen LogP contribution >= 0.6 is 0 Å². The maximum atomic E-state index is 11.9. The van der Waals surface area contributed by atoms with Gasteiger partial charge in [0.25, 0.3) is 17.3 Å². The Morgan fingerprint density at radius 2 is 1.65 bits per heavy atom. The summed E-state index contributed by atoms with van der Waals surface area (Å²) in [6.07, 6.45) is 0. The van der Waals surface area contributed by atoms with Gasteiger partial charge in [-0.1, -0.05) is 0 Å². The average Bonchev–Trinajstić information content (AvgIpc) is 2.97. The predicted octanol–water partition coefficient (Wildman–Crippen LogP) is 2.26. The van der Waals surface area contributed by atoms with Gasteiger partial charge < -0.3 is 9.73 Å². The highest BCUT2D eigenvalue weighted by atomic mass is 16.7. The van der Waals surface area contributed by atoms with Gasteiger partial charge in [0.1, 0.15) is 10.6 Å². The van der Waals surface area contributed by atoms with Gasteiger partial charge in [-0.15, -0.1) is 0 Å². The van der Waals surface area contributed by atoms with Crippen LogP contribution in [0.2, 0.25) is 0 Å². The number of benzene rings is 1. The van der Waals surface area contributed by atoms with Gasteiger partial charge in [-0.3, -0.25) is 35.1 Å². The van der Waals surface area contributed by atoms with Crippen LogP contribution in [0, 0.1) is 30.3 Å². The minimum Gasteiger partial charge on any atom is -0.395 e. The SMILES string of the molecule is O=C(Nc1ccc([N+](=O)[O-])cc1[N+](=O)[O-])c1ccc([N+](=O)[O-])o1. The number of anilines is 1. The van der Waals surface area contributed by atoms with Crippen LogP contribution in [0.4, 0.5) is 22.9 Å². The number of carbonyl (C=O) groups excluding carboxylic acids is 1. The van der Waals surface area contributed by atoms with Gasteiger partial charge >= 0.3 is 5.88 Å². The molecule has 1 aromatic heterocycles. The number of nitrogens with one attached hydrogen (secondary N) is 1. The molecule has 12 nitrogen and oxygen atoms in total. The molecule has 0 bridgehead atoms. The number of hydrogen-bond donors (Lipinski definition) is 1. The van der Waals surface area contributed by atoms with Crippen molar-refractivity contribution in [3.63, 3.8) is 0 Å². The Morgan fingerprint density at radius 3 is 2.17 bits per heavy atom. The first-order chi connectivity index (χ1) is 10.8. The van der Waals surface area contributed by atoms with Gasteiger partial charge in [-0.25, -0.2) is 0 Å². The van der Waals surface area contributed by atoms with Crippen LogP contribution in [0.3, 0.4) is 0 Å². The lowest BCUT2D eigenvalue weighted by atomic mass is 10.2. The Kier molecular flexibility index (Phi) is 3.98. The number of furan rings is 1. The molecule has 1 heterocycles. The Balaban J connectivity index is 2.31. The summed E-state index contributed by atoms with van der Waals surface area (Å²) < 4.78 is 4.65. The van der Waals surface area contributed by atoms with Gasteiger partial charge in [0.2, 0.25) is 0 Å². The number of rotatable bonds is 5. The molecule has 0 spiro atoms. The third-order valence-electron chi connectivity index (χ3n) is 2.63. The third kappa shape index (κ3) is 3.26. The lowest BCUT2D eigenvalue weighted by molar-refractivity contribution is -0.402. The largest absolute Gasteiger partial charge is 0.433 e. The monoisotopic (exact) mass is 322 g/mol. The Morgan fingerprint density at radius 1 is 0.957 bits per heavy atom. The van der Waals surface area contributed by atoms with Crippen LogP contribution in [-0.2, 0) is 0 Å². The number of nitrogens with zero attached hydrogens (tertiary/aromatic N) is 3. The predicted molar refractivity (Wildman–Crippen MR) is 73.1 cm³/mol. The van der Waals surface area contributed by atoms with E-state index in [0.717, 1.165) is 24.3 Å². The van der Waals surface area contributed by atoms with E-state index in [1.54, 1.807) is 0 Å². The molecule has 0 fully saturated rings. The molecule has 0 saturated carbocycles. The van der Waals surface area contributed by atoms with E-state index in [9.17, 15) is 35.1 Å². The molecule has 0 saturated heterocycles. The molecule has 1 N–H and O–H groups in total. The van der Waals surface area contributed by atoms with Crippen molar-refractivity contribution in [2.24, 2.45) is 0 Å². The van der Waals surface area contributed by atoms with Gasteiger partial charge in [-0.2, -0.15) is 0 Å². The first kappa shape index (κ1) is 15.6. The van der Waals surface area contributed by atoms with Crippen molar-refractivity contribution in [3.05, 3.63) is 66.4 Å². The van der Waals surface area contributed by atoms with Crippen LogP contribution in [0.1, 0.15) is 10.6 Å². The smallest absolute Gasteiger partial charge is 0.395 e. The van der Waals surface area contributed by atoms with Crippen LogP contribution in [0.15, 0.2) is 34.7 Å². The molecular weight excluding hydrogens is 316 g/mol. The van der Waals surface area contributed by atoms with Crippen molar-refractivity contribution in [2.75, 3.05) is 5.32 Å². The fraction of sp³-hybridized carbons (Fsp3) is 0. The van der Waals surface area contributed by atoms with E-state index in [0.29, 0.717) is 6.07 Å². The summed E-state index contributed by atoms with van der Waals surface area (Å²) in [5.74, 6) is -2.09. The summed E-state index contributed by atoms with van der Waals surface area (Å²) in [4.78, 5) is 41.3. The third-order valence-corrected chi connectivity index (χ3v) is 2.63.